The molecular weight excluding hydrogens is 444 g/mol. The zero-order valence-electron chi connectivity index (χ0n) is 18.9. The molecule has 10 heteroatoms. The normalized spacial score (nSPS) is 11.2. The fourth-order valence-corrected chi connectivity index (χ4v) is 3.91. The molecule has 4 rings (SSSR count). The molecule has 0 aliphatic rings. The molecular formula is C24H23F2N5O3. The van der Waals surface area contributed by atoms with Crippen molar-refractivity contribution in [3.63, 3.8) is 0 Å². The lowest BCUT2D eigenvalue weighted by atomic mass is 10.2. The third-order valence-corrected chi connectivity index (χ3v) is 5.60. The average molecular weight is 467 g/mol. The van der Waals surface area contributed by atoms with E-state index in [1.54, 1.807) is 13.8 Å². The van der Waals surface area contributed by atoms with Crippen LogP contribution in [0.15, 0.2) is 52.1 Å². The Morgan fingerprint density at radius 3 is 2.32 bits per heavy atom. The number of nitrogens with one attached hydrogen (secondary N) is 1. The molecule has 2 aromatic heterocycles. The van der Waals surface area contributed by atoms with E-state index < -0.39 is 35.3 Å². The monoisotopic (exact) mass is 467 g/mol. The Labute approximate surface area is 193 Å². The lowest BCUT2D eigenvalue weighted by molar-refractivity contribution is -0.116. The molecule has 0 unspecified atom stereocenters. The van der Waals surface area contributed by atoms with E-state index >= 15 is 0 Å². The van der Waals surface area contributed by atoms with Gasteiger partial charge in [-0.25, -0.2) is 13.6 Å². The Morgan fingerprint density at radius 1 is 0.971 bits per heavy atom. The second-order valence-electron chi connectivity index (χ2n) is 7.99. The Bertz CT molecular complexity index is 1520. The number of hydrogen-bond donors (Lipinski definition) is 1. The molecule has 176 valence electrons. The van der Waals surface area contributed by atoms with Gasteiger partial charge in [0, 0.05) is 12.2 Å². The molecule has 1 N–H and O–H groups in total. The summed E-state index contributed by atoms with van der Waals surface area (Å²) >= 11 is 0. The van der Waals surface area contributed by atoms with Crippen LogP contribution in [0.25, 0.3) is 11.0 Å². The number of nitrogens with zero attached hydrogens (tertiary/aromatic N) is 4. The first-order valence-corrected chi connectivity index (χ1v) is 10.7. The topological polar surface area (TPSA) is 90.9 Å². The number of anilines is 1. The van der Waals surface area contributed by atoms with Gasteiger partial charge in [-0.2, -0.15) is 5.10 Å². The highest BCUT2D eigenvalue weighted by atomic mass is 19.1. The van der Waals surface area contributed by atoms with Crippen LogP contribution in [0.4, 0.5) is 14.5 Å². The van der Waals surface area contributed by atoms with E-state index in [-0.39, 0.29) is 23.3 Å². The third-order valence-electron chi connectivity index (χ3n) is 5.60. The standard InChI is InChI=1S/C24H23F2N5O3/c1-4-31-22-21(15(3)28-31)29(13-20(32)27-19-11-18(26)8-5-14(19)2)24(34)30(23(22)33)12-16-6-9-17(25)10-7-16/h5-11H,4,12-13H2,1-3H3,(H,27,32). The molecule has 0 radical (unpaired) electrons. The van der Waals surface area contributed by atoms with Gasteiger partial charge in [0.2, 0.25) is 5.91 Å². The number of fused-ring (bicyclic) bond motifs is 1. The van der Waals surface area contributed by atoms with E-state index in [0.717, 1.165) is 4.57 Å². The maximum absolute atomic E-state index is 13.6. The van der Waals surface area contributed by atoms with Crippen LogP contribution in [0, 0.1) is 25.5 Å². The average Bonchev–Trinajstić information content (AvgIpc) is 3.14. The van der Waals surface area contributed by atoms with E-state index in [4.69, 9.17) is 0 Å². The Morgan fingerprint density at radius 2 is 1.65 bits per heavy atom. The number of aryl methyl sites for hydroxylation is 3. The first-order chi connectivity index (χ1) is 16.2. The van der Waals surface area contributed by atoms with Gasteiger partial charge in [0.1, 0.15) is 23.7 Å². The van der Waals surface area contributed by atoms with Gasteiger partial charge in [-0.3, -0.25) is 23.4 Å². The summed E-state index contributed by atoms with van der Waals surface area (Å²) in [5, 5.41) is 6.99. The number of carbonyl (C=O) groups is 1. The van der Waals surface area contributed by atoms with Crippen molar-refractivity contribution in [3.8, 4) is 0 Å². The van der Waals surface area contributed by atoms with Gasteiger partial charge >= 0.3 is 5.69 Å². The number of halogens is 2. The molecule has 0 aliphatic heterocycles. The summed E-state index contributed by atoms with van der Waals surface area (Å²) in [6.07, 6.45) is 0. The van der Waals surface area contributed by atoms with Crippen LogP contribution in [0.3, 0.4) is 0 Å². The van der Waals surface area contributed by atoms with Crippen molar-refractivity contribution < 1.29 is 13.6 Å². The van der Waals surface area contributed by atoms with Gasteiger partial charge in [-0.15, -0.1) is 0 Å². The molecule has 2 aromatic carbocycles. The molecule has 4 aromatic rings. The van der Waals surface area contributed by atoms with Crippen molar-refractivity contribution in [2.75, 3.05) is 5.32 Å². The van der Waals surface area contributed by atoms with Crippen LogP contribution in [-0.4, -0.2) is 24.8 Å². The molecule has 1 amide bonds. The molecule has 0 spiro atoms. The zero-order chi connectivity index (χ0) is 24.6. The van der Waals surface area contributed by atoms with Gasteiger partial charge in [-0.05, 0) is 56.2 Å². The lowest BCUT2D eigenvalue weighted by Gasteiger charge is -2.14. The SMILES string of the molecule is CCn1nc(C)c2c1c(=O)n(Cc1ccc(F)cc1)c(=O)n2CC(=O)Nc1cc(F)ccc1C. The number of aromatic nitrogens is 4. The van der Waals surface area contributed by atoms with E-state index in [2.05, 4.69) is 10.4 Å². The van der Waals surface area contributed by atoms with Gasteiger partial charge in [0.25, 0.3) is 5.56 Å². The summed E-state index contributed by atoms with van der Waals surface area (Å²) in [6.45, 7) is 5.05. The van der Waals surface area contributed by atoms with Crippen LogP contribution in [0.5, 0.6) is 0 Å². The van der Waals surface area contributed by atoms with Gasteiger partial charge in [0.15, 0.2) is 5.52 Å². The lowest BCUT2D eigenvalue weighted by Crippen LogP contribution is -2.42. The molecule has 0 bridgehead atoms. The molecule has 0 saturated carbocycles. The number of rotatable bonds is 6. The summed E-state index contributed by atoms with van der Waals surface area (Å²) in [7, 11) is 0. The quantitative estimate of drug-likeness (QED) is 0.472. The van der Waals surface area contributed by atoms with E-state index in [1.165, 1.54) is 51.7 Å². The van der Waals surface area contributed by atoms with E-state index in [9.17, 15) is 23.2 Å². The van der Waals surface area contributed by atoms with Crippen molar-refractivity contribution in [2.24, 2.45) is 0 Å². The first-order valence-electron chi connectivity index (χ1n) is 10.7. The molecule has 0 saturated heterocycles. The van der Waals surface area contributed by atoms with E-state index in [1.807, 2.05) is 6.92 Å². The predicted molar refractivity (Wildman–Crippen MR) is 124 cm³/mol. The minimum atomic E-state index is -0.702. The maximum Gasteiger partial charge on any atom is 0.332 e. The smallest absolute Gasteiger partial charge is 0.324 e. The highest BCUT2D eigenvalue weighted by Gasteiger charge is 2.22. The summed E-state index contributed by atoms with van der Waals surface area (Å²) < 4.78 is 30.6. The molecule has 2 heterocycles. The van der Waals surface area contributed by atoms with Crippen LogP contribution < -0.4 is 16.6 Å². The van der Waals surface area contributed by atoms with Crippen molar-refractivity contribution >= 4 is 22.6 Å². The summed E-state index contributed by atoms with van der Waals surface area (Å²) in [6, 6.07) is 9.47. The zero-order valence-corrected chi connectivity index (χ0v) is 18.9. The Kier molecular flexibility index (Phi) is 6.14. The summed E-state index contributed by atoms with van der Waals surface area (Å²) in [5.74, 6) is -1.51. The second kappa shape index (κ2) is 9.05. The van der Waals surface area contributed by atoms with Crippen LogP contribution in [0.2, 0.25) is 0 Å². The van der Waals surface area contributed by atoms with E-state index in [0.29, 0.717) is 23.4 Å². The fourth-order valence-electron chi connectivity index (χ4n) is 3.91. The number of amides is 1. The van der Waals surface area contributed by atoms with Crippen molar-refractivity contribution in [2.45, 2.75) is 40.4 Å². The molecule has 0 aliphatic carbocycles. The highest BCUT2D eigenvalue weighted by molar-refractivity contribution is 5.92. The minimum absolute atomic E-state index is 0.105. The molecule has 34 heavy (non-hydrogen) atoms. The van der Waals surface area contributed by atoms with Crippen LogP contribution >= 0.6 is 0 Å². The molecule has 8 nitrogen and oxygen atoms in total. The minimum Gasteiger partial charge on any atom is -0.324 e. The number of hydrogen-bond acceptors (Lipinski definition) is 4. The highest BCUT2D eigenvalue weighted by Crippen LogP contribution is 2.17. The fraction of sp³-hybridized carbons (Fsp3) is 0.250. The Balaban J connectivity index is 1.83. The first kappa shape index (κ1) is 23.1. The van der Waals surface area contributed by atoms with Crippen molar-refractivity contribution in [3.05, 3.63) is 91.8 Å². The molecule has 0 fully saturated rings. The van der Waals surface area contributed by atoms with Crippen molar-refractivity contribution in [1.29, 1.82) is 0 Å². The van der Waals surface area contributed by atoms with Crippen LogP contribution in [-0.2, 0) is 24.4 Å². The Hall–Kier alpha value is -4.08. The van der Waals surface area contributed by atoms with Crippen LogP contribution in [0.1, 0.15) is 23.7 Å². The molecule has 0 atom stereocenters. The van der Waals surface area contributed by atoms with Gasteiger partial charge in [-0.1, -0.05) is 18.2 Å². The second-order valence-corrected chi connectivity index (χ2v) is 7.99. The maximum atomic E-state index is 13.6. The number of benzene rings is 2. The largest absolute Gasteiger partial charge is 0.332 e. The van der Waals surface area contributed by atoms with Crippen molar-refractivity contribution in [1.82, 2.24) is 18.9 Å². The predicted octanol–water partition coefficient (Wildman–Crippen LogP) is 2.96. The third kappa shape index (κ3) is 4.26. The van der Waals surface area contributed by atoms with Gasteiger partial charge < -0.3 is 5.32 Å². The van der Waals surface area contributed by atoms with Gasteiger partial charge in [0.05, 0.1) is 12.2 Å². The summed E-state index contributed by atoms with van der Waals surface area (Å²) in [5.41, 5.74) is 1.12. The summed E-state index contributed by atoms with van der Waals surface area (Å²) in [4.78, 5) is 39.6. The number of carbonyl (C=O) groups excluding carboxylic acids is 1.